The summed E-state index contributed by atoms with van der Waals surface area (Å²) >= 11 is 3.34. The predicted molar refractivity (Wildman–Crippen MR) is 77.2 cm³/mol. The fourth-order valence-electron chi connectivity index (χ4n) is 2.17. The van der Waals surface area contributed by atoms with Gasteiger partial charge in [-0.2, -0.15) is 0 Å². The predicted octanol–water partition coefficient (Wildman–Crippen LogP) is 3.56. The number of pyridine rings is 1. The number of Topliss-reactive ketones (excluding diaryl/α,β-unsaturated/α-hetero) is 1. The van der Waals surface area contributed by atoms with Crippen LogP contribution in [0.5, 0.6) is 11.5 Å². The summed E-state index contributed by atoms with van der Waals surface area (Å²) in [6.07, 6.45) is 1.65. The number of carbonyl (C=O) groups is 1. The first-order valence-electron chi connectivity index (χ1n) is 6.16. The van der Waals surface area contributed by atoms with Gasteiger partial charge >= 0.3 is 0 Å². The van der Waals surface area contributed by atoms with E-state index in [1.54, 1.807) is 31.5 Å². The smallest absolute Gasteiger partial charge is 0.170 e. The van der Waals surface area contributed by atoms with Gasteiger partial charge in [0.25, 0.3) is 0 Å². The van der Waals surface area contributed by atoms with Gasteiger partial charge in [0.2, 0.25) is 0 Å². The fourth-order valence-corrected chi connectivity index (χ4v) is 2.41. The molecular weight excluding hydrogens is 322 g/mol. The molecule has 4 nitrogen and oxygen atoms in total. The van der Waals surface area contributed by atoms with Crippen LogP contribution in [0.4, 0.5) is 0 Å². The molecule has 0 saturated heterocycles. The van der Waals surface area contributed by atoms with Crippen molar-refractivity contribution in [1.29, 1.82) is 0 Å². The highest BCUT2D eigenvalue weighted by Crippen LogP contribution is 2.36. The molecule has 0 spiro atoms. The molecule has 1 aromatic heterocycles. The Morgan fingerprint density at radius 1 is 1.35 bits per heavy atom. The van der Waals surface area contributed by atoms with Crippen molar-refractivity contribution in [2.45, 2.75) is 12.5 Å². The number of nitrogens with zero attached hydrogens (tertiary/aromatic N) is 1. The molecule has 20 heavy (non-hydrogen) atoms. The number of ether oxygens (including phenoxy) is 2. The second-order valence-corrected chi connectivity index (χ2v) is 5.41. The first-order valence-corrected chi connectivity index (χ1v) is 6.96. The zero-order valence-electron chi connectivity index (χ0n) is 10.8. The SMILES string of the molecule is COc1ccc2c(c1)C(=O)CC(c1ccc(Br)cn1)O2. The maximum atomic E-state index is 12.2. The highest BCUT2D eigenvalue weighted by molar-refractivity contribution is 9.10. The van der Waals surface area contributed by atoms with Crippen LogP contribution in [0.25, 0.3) is 0 Å². The van der Waals surface area contributed by atoms with Crippen LogP contribution < -0.4 is 9.47 Å². The largest absolute Gasteiger partial charge is 0.497 e. The number of rotatable bonds is 2. The van der Waals surface area contributed by atoms with Gasteiger partial charge in [0.15, 0.2) is 5.78 Å². The molecule has 0 N–H and O–H groups in total. The maximum Gasteiger partial charge on any atom is 0.170 e. The molecule has 0 fully saturated rings. The van der Waals surface area contributed by atoms with E-state index in [4.69, 9.17) is 9.47 Å². The van der Waals surface area contributed by atoms with E-state index in [2.05, 4.69) is 20.9 Å². The molecule has 0 saturated carbocycles. The Bertz CT molecular complexity index is 655. The Kier molecular flexibility index (Phi) is 3.44. The summed E-state index contributed by atoms with van der Waals surface area (Å²) in [6, 6.07) is 9.00. The van der Waals surface area contributed by atoms with Crippen molar-refractivity contribution in [3.8, 4) is 11.5 Å². The normalized spacial score (nSPS) is 17.3. The second-order valence-electron chi connectivity index (χ2n) is 4.50. The standard InChI is InChI=1S/C15H12BrNO3/c1-19-10-3-5-14-11(6-10)13(18)7-15(20-14)12-4-2-9(16)8-17-12/h2-6,8,15H,7H2,1H3. The van der Waals surface area contributed by atoms with Crippen molar-refractivity contribution < 1.29 is 14.3 Å². The summed E-state index contributed by atoms with van der Waals surface area (Å²) in [5.41, 5.74) is 1.32. The summed E-state index contributed by atoms with van der Waals surface area (Å²) in [4.78, 5) is 16.5. The Morgan fingerprint density at radius 2 is 2.20 bits per heavy atom. The number of hydrogen-bond acceptors (Lipinski definition) is 4. The third-order valence-electron chi connectivity index (χ3n) is 3.21. The minimum absolute atomic E-state index is 0.0415. The maximum absolute atomic E-state index is 12.2. The van der Waals surface area contributed by atoms with Crippen molar-refractivity contribution in [2.75, 3.05) is 7.11 Å². The van der Waals surface area contributed by atoms with Crippen molar-refractivity contribution in [2.24, 2.45) is 0 Å². The summed E-state index contributed by atoms with van der Waals surface area (Å²) in [6.45, 7) is 0. The molecule has 102 valence electrons. The molecule has 5 heteroatoms. The minimum Gasteiger partial charge on any atom is -0.497 e. The Hall–Kier alpha value is -1.88. The summed E-state index contributed by atoms with van der Waals surface area (Å²) < 4.78 is 11.9. The van der Waals surface area contributed by atoms with Crippen LogP contribution >= 0.6 is 15.9 Å². The lowest BCUT2D eigenvalue weighted by Crippen LogP contribution is -2.21. The highest BCUT2D eigenvalue weighted by Gasteiger charge is 2.28. The van der Waals surface area contributed by atoms with Gasteiger partial charge in [-0.3, -0.25) is 9.78 Å². The van der Waals surface area contributed by atoms with Crippen LogP contribution in [0.15, 0.2) is 41.0 Å². The lowest BCUT2D eigenvalue weighted by molar-refractivity contribution is 0.0844. The molecule has 0 aliphatic carbocycles. The molecule has 1 aliphatic rings. The topological polar surface area (TPSA) is 48.4 Å². The van der Waals surface area contributed by atoms with Crippen LogP contribution in [-0.2, 0) is 0 Å². The van der Waals surface area contributed by atoms with Crippen molar-refractivity contribution in [1.82, 2.24) is 4.98 Å². The van der Waals surface area contributed by atoms with Crippen LogP contribution in [0.1, 0.15) is 28.6 Å². The lowest BCUT2D eigenvalue weighted by atomic mass is 9.98. The van der Waals surface area contributed by atoms with Crippen LogP contribution in [-0.4, -0.2) is 17.9 Å². The van der Waals surface area contributed by atoms with E-state index in [0.717, 1.165) is 10.2 Å². The van der Waals surface area contributed by atoms with Gasteiger partial charge in [-0.15, -0.1) is 0 Å². The highest BCUT2D eigenvalue weighted by atomic mass is 79.9. The molecule has 2 aromatic rings. The molecule has 1 aromatic carbocycles. The number of hydrogen-bond donors (Lipinski definition) is 0. The van der Waals surface area contributed by atoms with Gasteiger partial charge < -0.3 is 9.47 Å². The molecule has 3 rings (SSSR count). The van der Waals surface area contributed by atoms with E-state index in [1.807, 2.05) is 12.1 Å². The number of fused-ring (bicyclic) bond motifs is 1. The van der Waals surface area contributed by atoms with Crippen molar-refractivity contribution >= 4 is 21.7 Å². The Morgan fingerprint density at radius 3 is 2.90 bits per heavy atom. The summed E-state index contributed by atoms with van der Waals surface area (Å²) in [7, 11) is 1.57. The Labute approximate surface area is 124 Å². The molecular formula is C15H12BrNO3. The molecule has 1 atom stereocenters. The third kappa shape index (κ3) is 2.41. The van der Waals surface area contributed by atoms with E-state index < -0.39 is 0 Å². The van der Waals surface area contributed by atoms with Crippen LogP contribution in [0, 0.1) is 0 Å². The number of carbonyl (C=O) groups excluding carboxylic acids is 1. The zero-order valence-corrected chi connectivity index (χ0v) is 12.4. The molecule has 1 aliphatic heterocycles. The monoisotopic (exact) mass is 333 g/mol. The van der Waals surface area contributed by atoms with E-state index >= 15 is 0 Å². The number of methoxy groups -OCH3 is 1. The van der Waals surface area contributed by atoms with Gasteiger partial charge in [-0.1, -0.05) is 0 Å². The van der Waals surface area contributed by atoms with Gasteiger partial charge in [0.1, 0.15) is 17.6 Å². The third-order valence-corrected chi connectivity index (χ3v) is 3.68. The molecule has 2 heterocycles. The molecule has 0 amide bonds. The Balaban J connectivity index is 1.92. The number of halogens is 1. The molecule has 1 unspecified atom stereocenters. The summed E-state index contributed by atoms with van der Waals surface area (Å²) in [5.74, 6) is 1.28. The van der Waals surface area contributed by atoms with Gasteiger partial charge in [0, 0.05) is 10.7 Å². The zero-order chi connectivity index (χ0) is 14.1. The molecule has 0 bridgehead atoms. The van der Waals surface area contributed by atoms with Gasteiger partial charge in [0.05, 0.1) is 24.8 Å². The van der Waals surface area contributed by atoms with E-state index in [1.165, 1.54) is 0 Å². The van der Waals surface area contributed by atoms with Crippen molar-refractivity contribution in [3.63, 3.8) is 0 Å². The first kappa shape index (κ1) is 13.1. The lowest BCUT2D eigenvalue weighted by Gasteiger charge is -2.25. The average molecular weight is 334 g/mol. The van der Waals surface area contributed by atoms with Gasteiger partial charge in [-0.05, 0) is 46.3 Å². The fraction of sp³-hybridized carbons (Fsp3) is 0.200. The van der Waals surface area contributed by atoms with E-state index in [-0.39, 0.29) is 18.3 Å². The quantitative estimate of drug-likeness (QED) is 0.843. The average Bonchev–Trinajstić information content (AvgIpc) is 2.47. The van der Waals surface area contributed by atoms with Crippen molar-refractivity contribution in [3.05, 3.63) is 52.3 Å². The first-order chi connectivity index (χ1) is 9.67. The minimum atomic E-state index is -0.337. The van der Waals surface area contributed by atoms with E-state index in [0.29, 0.717) is 17.1 Å². The molecule has 0 radical (unpaired) electrons. The van der Waals surface area contributed by atoms with Crippen LogP contribution in [0.2, 0.25) is 0 Å². The number of benzene rings is 1. The summed E-state index contributed by atoms with van der Waals surface area (Å²) in [5, 5.41) is 0. The number of aromatic nitrogens is 1. The van der Waals surface area contributed by atoms with Gasteiger partial charge in [-0.25, -0.2) is 0 Å². The second kappa shape index (κ2) is 5.25. The van der Waals surface area contributed by atoms with E-state index in [9.17, 15) is 4.79 Å². The van der Waals surface area contributed by atoms with Crippen LogP contribution in [0.3, 0.4) is 0 Å². The number of ketones is 1.